The second-order valence-electron chi connectivity index (χ2n) is 9.69. The van der Waals surface area contributed by atoms with Crippen LogP contribution in [-0.4, -0.2) is 59.6 Å². The van der Waals surface area contributed by atoms with E-state index in [2.05, 4.69) is 10.3 Å². The average Bonchev–Trinajstić information content (AvgIpc) is 2.94. The lowest BCUT2D eigenvalue weighted by Gasteiger charge is -2.29. The molecule has 0 spiro atoms. The highest BCUT2D eigenvalue weighted by atomic mass is 35.5. The minimum absolute atomic E-state index is 0.00428. The average molecular weight is 609 g/mol. The molecule has 11 nitrogen and oxygen atoms in total. The number of carbonyl (C=O) groups excluding carboxylic acids is 5. The van der Waals surface area contributed by atoms with Crippen molar-refractivity contribution in [3.63, 3.8) is 0 Å². The first-order valence-electron chi connectivity index (χ1n) is 12.8. The van der Waals surface area contributed by atoms with Gasteiger partial charge >= 0.3 is 23.9 Å². The van der Waals surface area contributed by atoms with Crippen molar-refractivity contribution in [1.29, 1.82) is 0 Å². The maximum Gasteiger partial charge on any atom is 0.345 e. The number of aromatic nitrogens is 1. The highest BCUT2D eigenvalue weighted by Crippen LogP contribution is 2.27. The van der Waals surface area contributed by atoms with E-state index in [1.54, 1.807) is 27.7 Å². The number of benzene rings is 1. The summed E-state index contributed by atoms with van der Waals surface area (Å²) < 4.78 is 21.8. The lowest BCUT2D eigenvalue weighted by Crippen LogP contribution is -2.47. The zero-order chi connectivity index (χ0) is 30.4. The topological polar surface area (TPSA) is 147 Å². The molecule has 2 aromatic rings. The second-order valence-corrected chi connectivity index (χ2v) is 10.5. The fourth-order valence-electron chi connectivity index (χ4n) is 3.95. The van der Waals surface area contributed by atoms with Crippen molar-refractivity contribution in [2.75, 3.05) is 6.61 Å². The molecule has 1 aliphatic heterocycles. The predicted molar refractivity (Wildman–Crippen MR) is 147 cm³/mol. The van der Waals surface area contributed by atoms with Crippen LogP contribution in [0.4, 0.5) is 0 Å². The molecule has 3 rings (SSSR count). The molecule has 2 heterocycles. The Balaban J connectivity index is 1.84. The Morgan fingerprint density at radius 2 is 1.85 bits per heavy atom. The normalized spacial score (nSPS) is 21.1. The molecule has 0 bridgehead atoms. The lowest BCUT2D eigenvalue weighted by molar-refractivity contribution is -0.176. The number of halogens is 2. The summed E-state index contributed by atoms with van der Waals surface area (Å²) in [5.41, 5.74) is 0.0801. The number of ether oxygens (including phenoxy) is 4. The van der Waals surface area contributed by atoms with Gasteiger partial charge in [-0.25, -0.2) is 14.6 Å². The van der Waals surface area contributed by atoms with Gasteiger partial charge in [-0.2, -0.15) is 0 Å². The van der Waals surface area contributed by atoms with Crippen LogP contribution in [0, 0.1) is 18.8 Å². The van der Waals surface area contributed by atoms with E-state index in [1.807, 2.05) is 0 Å². The molecule has 1 aliphatic rings. The molecule has 1 amide bonds. The van der Waals surface area contributed by atoms with Crippen LogP contribution in [0.1, 0.15) is 60.5 Å². The molecule has 0 radical (unpaired) electrons. The zero-order valence-corrected chi connectivity index (χ0v) is 24.6. The Kier molecular flexibility index (Phi) is 10.7. The van der Waals surface area contributed by atoms with Gasteiger partial charge in [-0.1, -0.05) is 44.0 Å². The summed E-state index contributed by atoms with van der Waals surface area (Å²) >= 11 is 12.0. The zero-order valence-electron chi connectivity index (χ0n) is 23.1. The minimum atomic E-state index is -1.44. The van der Waals surface area contributed by atoms with E-state index in [-0.39, 0.29) is 28.5 Å². The van der Waals surface area contributed by atoms with Crippen LogP contribution >= 0.6 is 23.2 Å². The molecule has 1 N–H and O–H groups in total. The Hall–Kier alpha value is -3.70. The van der Waals surface area contributed by atoms with Crippen LogP contribution in [0.3, 0.4) is 0 Å². The number of nitrogens with zero attached hydrogens (tertiary/aromatic N) is 1. The van der Waals surface area contributed by atoms with Gasteiger partial charge in [0.2, 0.25) is 0 Å². The molecular formula is C28H30Cl2N2O9. The van der Waals surface area contributed by atoms with Crippen molar-refractivity contribution in [2.24, 2.45) is 11.8 Å². The van der Waals surface area contributed by atoms with Gasteiger partial charge in [0, 0.05) is 11.2 Å². The standard InChI is InChI=1S/C28H30Cl2N2O9/c1-6-17-23(41-25(34)13(2)3)15(5)39-28(37)20(12-38-26(17)35)32-24(33)21-22(14(4)9-10-31-21)40-27(36)18-8-7-16(29)11-19(18)30/h7-11,13,15,17,20,23H,6,12H2,1-5H3,(H,32,33)/t15-,17+,20-,23-/m0/s1. The molecule has 0 aliphatic carbocycles. The first-order chi connectivity index (χ1) is 19.3. The molecule has 41 heavy (non-hydrogen) atoms. The number of cyclic esters (lactones) is 2. The summed E-state index contributed by atoms with van der Waals surface area (Å²) in [7, 11) is 0. The Morgan fingerprint density at radius 3 is 2.49 bits per heavy atom. The number of hydrogen-bond acceptors (Lipinski definition) is 10. The maximum absolute atomic E-state index is 13.3. The van der Waals surface area contributed by atoms with Crippen molar-refractivity contribution in [3.8, 4) is 5.75 Å². The van der Waals surface area contributed by atoms with Crippen LogP contribution in [0.15, 0.2) is 30.5 Å². The number of carbonyl (C=O) groups is 5. The predicted octanol–water partition coefficient (Wildman–Crippen LogP) is 4.10. The first kappa shape index (κ1) is 31.8. The largest absolute Gasteiger partial charge is 0.463 e. The van der Waals surface area contributed by atoms with Crippen LogP contribution in [0.2, 0.25) is 10.0 Å². The van der Waals surface area contributed by atoms with Crippen molar-refractivity contribution in [2.45, 2.75) is 59.3 Å². The van der Waals surface area contributed by atoms with E-state index in [4.69, 9.17) is 42.1 Å². The minimum Gasteiger partial charge on any atom is -0.463 e. The van der Waals surface area contributed by atoms with Gasteiger partial charge < -0.3 is 24.3 Å². The fraction of sp³-hybridized carbons (Fsp3) is 0.429. The highest BCUT2D eigenvalue weighted by Gasteiger charge is 2.41. The SMILES string of the molecule is CC[C@H]1C(=O)OC[C@H](NC(=O)c2nccc(C)c2OC(=O)c2ccc(Cl)cc2Cl)C(=O)O[C@@H](C)[C@@H]1OC(=O)C(C)C. The van der Waals surface area contributed by atoms with Crippen molar-refractivity contribution in [3.05, 3.63) is 57.3 Å². The van der Waals surface area contributed by atoms with Crippen molar-refractivity contribution in [1.82, 2.24) is 10.3 Å². The Labute approximate surface area is 246 Å². The Bertz CT molecular complexity index is 1350. The molecule has 1 aromatic heterocycles. The van der Waals surface area contributed by atoms with Crippen molar-refractivity contribution < 1.29 is 42.9 Å². The van der Waals surface area contributed by atoms with Crippen LogP contribution in [-0.2, 0) is 28.6 Å². The van der Waals surface area contributed by atoms with Gasteiger partial charge in [-0.05, 0) is 50.1 Å². The third-order valence-electron chi connectivity index (χ3n) is 6.27. The lowest BCUT2D eigenvalue weighted by atomic mass is 9.95. The van der Waals surface area contributed by atoms with Gasteiger partial charge in [0.25, 0.3) is 5.91 Å². The number of esters is 4. The number of aryl methyl sites for hydroxylation is 1. The number of nitrogens with one attached hydrogen (secondary N) is 1. The summed E-state index contributed by atoms with van der Waals surface area (Å²) in [6.07, 6.45) is -0.560. The molecule has 1 aromatic carbocycles. The molecule has 0 saturated carbocycles. The van der Waals surface area contributed by atoms with Crippen LogP contribution in [0.25, 0.3) is 0 Å². The van der Waals surface area contributed by atoms with Crippen molar-refractivity contribution >= 4 is 53.0 Å². The number of pyridine rings is 1. The molecule has 0 unspecified atom stereocenters. The van der Waals surface area contributed by atoms with Gasteiger partial charge in [0.15, 0.2) is 23.6 Å². The van der Waals surface area contributed by atoms with E-state index in [9.17, 15) is 24.0 Å². The Morgan fingerprint density at radius 1 is 1.15 bits per heavy atom. The summed E-state index contributed by atoms with van der Waals surface area (Å²) in [5.74, 6) is -5.55. The number of hydrogen-bond donors (Lipinski definition) is 1. The molecule has 4 atom stereocenters. The van der Waals surface area contributed by atoms with E-state index in [1.165, 1.54) is 37.4 Å². The third kappa shape index (κ3) is 7.74. The van der Waals surface area contributed by atoms with Gasteiger partial charge in [0.05, 0.1) is 22.4 Å². The molecule has 13 heteroatoms. The number of rotatable bonds is 7. The van der Waals surface area contributed by atoms with Gasteiger partial charge in [0.1, 0.15) is 12.7 Å². The first-order valence-corrected chi connectivity index (χ1v) is 13.6. The van der Waals surface area contributed by atoms with E-state index < -0.39 is 66.5 Å². The third-order valence-corrected chi connectivity index (χ3v) is 6.82. The van der Waals surface area contributed by atoms with E-state index in [0.717, 1.165) is 0 Å². The van der Waals surface area contributed by atoms with E-state index >= 15 is 0 Å². The number of amides is 1. The monoisotopic (exact) mass is 608 g/mol. The molecule has 1 saturated heterocycles. The van der Waals surface area contributed by atoms with Gasteiger partial charge in [-0.15, -0.1) is 0 Å². The fourth-order valence-corrected chi connectivity index (χ4v) is 4.43. The highest BCUT2D eigenvalue weighted by molar-refractivity contribution is 6.36. The van der Waals surface area contributed by atoms with Crippen LogP contribution < -0.4 is 10.1 Å². The summed E-state index contributed by atoms with van der Waals surface area (Å²) in [6.45, 7) is 7.49. The van der Waals surface area contributed by atoms with E-state index in [0.29, 0.717) is 10.6 Å². The van der Waals surface area contributed by atoms with Crippen LogP contribution in [0.5, 0.6) is 5.75 Å². The summed E-state index contributed by atoms with van der Waals surface area (Å²) in [4.78, 5) is 68.4. The summed E-state index contributed by atoms with van der Waals surface area (Å²) in [5, 5.41) is 2.79. The quantitative estimate of drug-likeness (QED) is 0.360. The smallest absolute Gasteiger partial charge is 0.345 e. The summed E-state index contributed by atoms with van der Waals surface area (Å²) in [6, 6.07) is 4.27. The molecular weight excluding hydrogens is 579 g/mol. The maximum atomic E-state index is 13.3. The molecule has 1 fully saturated rings. The van der Waals surface area contributed by atoms with Gasteiger partial charge in [-0.3, -0.25) is 14.4 Å². The molecule has 220 valence electrons. The second kappa shape index (κ2) is 13.8.